The van der Waals surface area contributed by atoms with Crippen molar-refractivity contribution in [3.63, 3.8) is 0 Å². The molecule has 0 radical (unpaired) electrons. The minimum absolute atomic E-state index is 0.0498. The predicted octanol–water partition coefficient (Wildman–Crippen LogP) is 1.97. The highest BCUT2D eigenvalue weighted by Crippen LogP contribution is 2.36. The van der Waals surface area contributed by atoms with Crippen molar-refractivity contribution in [3.05, 3.63) is 45.6 Å². The molecule has 7 nitrogen and oxygen atoms in total. The molecule has 2 fully saturated rings. The molecule has 0 saturated carbocycles. The van der Waals surface area contributed by atoms with Crippen molar-refractivity contribution in [2.24, 2.45) is 0 Å². The van der Waals surface area contributed by atoms with E-state index < -0.39 is 5.79 Å². The average Bonchev–Trinajstić information content (AvgIpc) is 3.35. The lowest BCUT2D eigenvalue weighted by Gasteiger charge is -2.38. The zero-order chi connectivity index (χ0) is 19.3. The number of hydrogen-bond acceptors (Lipinski definition) is 6. The van der Waals surface area contributed by atoms with Crippen LogP contribution in [0.4, 0.5) is 0 Å². The molecule has 2 saturated heterocycles. The van der Waals surface area contributed by atoms with E-state index in [9.17, 15) is 5.11 Å². The summed E-state index contributed by atoms with van der Waals surface area (Å²) in [4.78, 5) is 7.34. The van der Waals surface area contributed by atoms with Gasteiger partial charge >= 0.3 is 0 Å². The number of aryl methyl sites for hydroxylation is 1. The van der Waals surface area contributed by atoms with Crippen LogP contribution < -0.4 is 4.90 Å². The zero-order valence-electron chi connectivity index (χ0n) is 15.5. The fraction of sp³-hybridized carbons (Fsp3) is 0.474. The van der Waals surface area contributed by atoms with E-state index in [0.717, 1.165) is 36.4 Å². The molecular formula is C19H22ClN4O3S+. The summed E-state index contributed by atoms with van der Waals surface area (Å²) >= 11 is 7.78. The Morgan fingerprint density at radius 3 is 2.71 bits per heavy atom. The second-order valence-corrected chi connectivity index (χ2v) is 8.84. The third-order valence-electron chi connectivity index (χ3n) is 5.63. The second-order valence-electron chi connectivity index (χ2n) is 7.40. The van der Waals surface area contributed by atoms with Gasteiger partial charge in [-0.05, 0) is 19.1 Å². The van der Waals surface area contributed by atoms with Gasteiger partial charge in [0.25, 0.3) is 0 Å². The topological polar surface area (TPSA) is 73.3 Å². The van der Waals surface area contributed by atoms with Gasteiger partial charge in [0.1, 0.15) is 10.7 Å². The molecule has 2 N–H and O–H groups in total. The third-order valence-corrected chi connectivity index (χ3v) is 6.95. The van der Waals surface area contributed by atoms with Crippen LogP contribution in [0.25, 0.3) is 4.96 Å². The minimum atomic E-state index is -0.423. The summed E-state index contributed by atoms with van der Waals surface area (Å²) in [5.41, 5.74) is 1.07. The van der Waals surface area contributed by atoms with E-state index >= 15 is 0 Å². The Morgan fingerprint density at radius 1 is 1.29 bits per heavy atom. The number of piperidine rings is 1. The number of benzene rings is 1. The minimum Gasteiger partial charge on any atom is -0.492 e. The Bertz CT molecular complexity index is 1000. The SMILES string of the molecule is Cc1nc2sc([C@@H](c3cccc(Cl)c3)[NH+]3CCC4(CC3)OCCO4)c(O)n2n1. The Morgan fingerprint density at radius 2 is 2.04 bits per heavy atom. The molecule has 28 heavy (non-hydrogen) atoms. The van der Waals surface area contributed by atoms with Crippen molar-refractivity contribution >= 4 is 27.9 Å². The number of rotatable bonds is 3. The summed E-state index contributed by atoms with van der Waals surface area (Å²) < 4.78 is 13.3. The fourth-order valence-corrected chi connectivity index (χ4v) is 5.71. The third kappa shape index (κ3) is 3.09. The highest BCUT2D eigenvalue weighted by molar-refractivity contribution is 7.17. The Balaban J connectivity index is 1.53. The Labute approximate surface area is 171 Å². The fourth-order valence-electron chi connectivity index (χ4n) is 4.32. The van der Waals surface area contributed by atoms with Gasteiger partial charge in [-0.15, -0.1) is 5.10 Å². The van der Waals surface area contributed by atoms with Gasteiger partial charge in [0, 0.05) is 10.6 Å². The van der Waals surface area contributed by atoms with Gasteiger partial charge in [0.05, 0.1) is 39.1 Å². The maximum atomic E-state index is 10.9. The number of likely N-dealkylation sites (tertiary alicyclic amines) is 1. The highest BCUT2D eigenvalue weighted by Gasteiger charge is 2.45. The number of ether oxygens (including phenoxy) is 2. The molecule has 0 amide bonds. The van der Waals surface area contributed by atoms with Crippen LogP contribution in [0, 0.1) is 6.92 Å². The normalized spacial score (nSPS) is 20.9. The first-order chi connectivity index (χ1) is 13.5. The van der Waals surface area contributed by atoms with E-state index in [0.29, 0.717) is 29.0 Å². The summed E-state index contributed by atoms with van der Waals surface area (Å²) in [6, 6.07) is 7.82. The standard InChI is InChI=1S/C19H21ClN4O3S/c1-12-21-18-24(22-12)17(25)16(28-18)15(13-3-2-4-14(20)11-13)23-7-5-19(6-8-23)26-9-10-27-19/h2-4,11,15,25H,5-10H2,1H3/p+1/t15-/m1/s1. The lowest BCUT2D eigenvalue weighted by atomic mass is 9.97. The van der Waals surface area contributed by atoms with Crippen LogP contribution in [0.1, 0.15) is 35.1 Å². The highest BCUT2D eigenvalue weighted by atomic mass is 35.5. The quantitative estimate of drug-likeness (QED) is 0.676. The summed E-state index contributed by atoms with van der Waals surface area (Å²) in [5, 5.41) is 15.9. The van der Waals surface area contributed by atoms with E-state index in [2.05, 4.69) is 16.1 Å². The molecule has 1 spiro atoms. The van der Waals surface area contributed by atoms with E-state index in [4.69, 9.17) is 21.1 Å². The second kappa shape index (κ2) is 6.96. The number of halogens is 1. The molecule has 1 atom stereocenters. The van der Waals surface area contributed by atoms with Crippen molar-refractivity contribution in [2.45, 2.75) is 31.6 Å². The van der Waals surface area contributed by atoms with Crippen molar-refractivity contribution in [1.82, 2.24) is 14.6 Å². The molecule has 4 heterocycles. The van der Waals surface area contributed by atoms with Gasteiger partial charge in [0.15, 0.2) is 11.8 Å². The van der Waals surface area contributed by atoms with E-state index in [-0.39, 0.29) is 11.9 Å². The van der Waals surface area contributed by atoms with Gasteiger partial charge in [-0.25, -0.2) is 4.98 Å². The van der Waals surface area contributed by atoms with Crippen molar-refractivity contribution in [3.8, 4) is 5.88 Å². The van der Waals surface area contributed by atoms with Crippen LogP contribution in [0.5, 0.6) is 5.88 Å². The monoisotopic (exact) mass is 421 g/mol. The van der Waals surface area contributed by atoms with Gasteiger partial charge in [-0.1, -0.05) is 35.1 Å². The largest absolute Gasteiger partial charge is 0.492 e. The molecule has 3 aromatic rings. The van der Waals surface area contributed by atoms with Gasteiger partial charge in [0.2, 0.25) is 10.8 Å². The smallest absolute Gasteiger partial charge is 0.235 e. The van der Waals surface area contributed by atoms with Gasteiger partial charge < -0.3 is 19.5 Å². The van der Waals surface area contributed by atoms with E-state index in [1.807, 2.05) is 25.1 Å². The molecule has 2 aliphatic rings. The zero-order valence-corrected chi connectivity index (χ0v) is 17.1. The molecule has 148 valence electrons. The van der Waals surface area contributed by atoms with Crippen molar-refractivity contribution < 1.29 is 19.5 Å². The molecule has 9 heteroatoms. The molecular weight excluding hydrogens is 400 g/mol. The first kappa shape index (κ1) is 18.3. The molecule has 2 aliphatic heterocycles. The summed E-state index contributed by atoms with van der Waals surface area (Å²) in [6.45, 7) is 4.92. The maximum absolute atomic E-state index is 10.9. The number of nitrogens with one attached hydrogen (secondary N) is 1. The molecule has 1 aromatic carbocycles. The van der Waals surface area contributed by atoms with Gasteiger partial charge in [-0.2, -0.15) is 4.52 Å². The molecule has 0 unspecified atom stereocenters. The number of fused-ring (bicyclic) bond motifs is 1. The van der Waals surface area contributed by atoms with Crippen molar-refractivity contribution in [2.75, 3.05) is 26.3 Å². The van der Waals surface area contributed by atoms with Crippen LogP contribution in [0.2, 0.25) is 5.02 Å². The number of nitrogens with zero attached hydrogens (tertiary/aromatic N) is 3. The molecule has 0 bridgehead atoms. The summed E-state index contributed by atoms with van der Waals surface area (Å²) in [5.74, 6) is 0.384. The van der Waals surface area contributed by atoms with Crippen LogP contribution >= 0.6 is 22.9 Å². The summed E-state index contributed by atoms with van der Waals surface area (Å²) in [6.07, 6.45) is 1.67. The number of hydrogen-bond donors (Lipinski definition) is 2. The Hall–Kier alpha value is -1.71. The summed E-state index contributed by atoms with van der Waals surface area (Å²) in [7, 11) is 0. The van der Waals surface area contributed by atoms with E-state index in [1.54, 1.807) is 0 Å². The van der Waals surface area contributed by atoms with Crippen LogP contribution in [-0.2, 0) is 9.47 Å². The first-order valence-corrected chi connectivity index (χ1v) is 10.7. The van der Waals surface area contributed by atoms with Crippen LogP contribution in [0.15, 0.2) is 24.3 Å². The molecule has 0 aliphatic carbocycles. The molecule has 5 rings (SSSR count). The lowest BCUT2D eigenvalue weighted by molar-refractivity contribution is -0.933. The first-order valence-electron chi connectivity index (χ1n) is 9.48. The van der Waals surface area contributed by atoms with Crippen LogP contribution in [0.3, 0.4) is 0 Å². The predicted molar refractivity (Wildman–Crippen MR) is 105 cm³/mol. The maximum Gasteiger partial charge on any atom is 0.235 e. The number of thiazole rings is 1. The van der Waals surface area contributed by atoms with Gasteiger partial charge in [-0.3, -0.25) is 0 Å². The number of aromatic hydroxyl groups is 1. The lowest BCUT2D eigenvalue weighted by Crippen LogP contribution is -3.14. The van der Waals surface area contributed by atoms with Crippen LogP contribution in [-0.4, -0.2) is 51.8 Å². The number of aromatic nitrogens is 3. The van der Waals surface area contributed by atoms with Crippen molar-refractivity contribution in [1.29, 1.82) is 0 Å². The average molecular weight is 422 g/mol. The molecule has 2 aromatic heterocycles. The Kier molecular flexibility index (Phi) is 4.56. The van der Waals surface area contributed by atoms with E-state index in [1.165, 1.54) is 20.8 Å². The number of quaternary nitrogens is 1.